The third kappa shape index (κ3) is 52.1. The van der Waals surface area contributed by atoms with Gasteiger partial charge in [-0.3, -0.25) is 4.79 Å². The highest BCUT2D eigenvalue weighted by atomic mass is 16.3. The third-order valence-electron chi connectivity index (χ3n) is 14.3. The molecule has 0 saturated carbocycles. The summed E-state index contributed by atoms with van der Waals surface area (Å²) < 4.78 is 0. The van der Waals surface area contributed by atoms with Gasteiger partial charge in [0.25, 0.3) is 0 Å². The molecule has 0 aromatic carbocycles. The Bertz CT molecular complexity index is 890. The van der Waals surface area contributed by atoms with Gasteiger partial charge in [-0.1, -0.05) is 315 Å². The van der Waals surface area contributed by atoms with Crippen molar-refractivity contribution in [3.05, 3.63) is 12.2 Å². The Kier molecular flexibility index (Phi) is 55.7. The topological polar surface area (TPSA) is 69.6 Å². The van der Waals surface area contributed by atoms with E-state index in [1.165, 1.54) is 295 Å². The van der Waals surface area contributed by atoms with E-state index in [9.17, 15) is 15.0 Å². The summed E-state index contributed by atoms with van der Waals surface area (Å²) in [6.07, 6.45) is 73.6. The second-order valence-electron chi connectivity index (χ2n) is 20.8. The number of aliphatic hydroxyl groups is 2. The van der Waals surface area contributed by atoms with Crippen LogP contribution in [-0.4, -0.2) is 34.9 Å². The SMILES string of the molecule is CCCCCCCCCCCCCC/C=C\CCCCCCCCCCCCCCCCC(=O)NC(CO)C(O)CCCCCCCCCCCCCCCCCCCCCCCC. The maximum atomic E-state index is 12.5. The highest BCUT2D eigenvalue weighted by molar-refractivity contribution is 5.76. The quantitative estimate of drug-likeness (QED) is 0.0421. The van der Waals surface area contributed by atoms with Crippen LogP contribution in [0.15, 0.2) is 12.2 Å². The summed E-state index contributed by atoms with van der Waals surface area (Å²) in [7, 11) is 0. The molecule has 0 aliphatic heterocycles. The fourth-order valence-corrected chi connectivity index (χ4v) is 9.71. The van der Waals surface area contributed by atoms with E-state index in [4.69, 9.17) is 0 Å². The van der Waals surface area contributed by atoms with Gasteiger partial charge in [0, 0.05) is 6.42 Å². The van der Waals surface area contributed by atoms with Gasteiger partial charge in [-0.2, -0.15) is 0 Å². The summed E-state index contributed by atoms with van der Waals surface area (Å²) in [4.78, 5) is 12.5. The fraction of sp³-hybridized carbons (Fsp3) is 0.950. The first kappa shape index (κ1) is 63.1. The molecule has 2 unspecified atom stereocenters. The van der Waals surface area contributed by atoms with E-state index in [1.54, 1.807) is 0 Å². The average molecular weight is 903 g/mol. The van der Waals surface area contributed by atoms with E-state index in [0.717, 1.165) is 25.7 Å². The lowest BCUT2D eigenvalue weighted by molar-refractivity contribution is -0.123. The van der Waals surface area contributed by atoms with E-state index < -0.39 is 12.1 Å². The monoisotopic (exact) mass is 902 g/mol. The van der Waals surface area contributed by atoms with Crippen molar-refractivity contribution in [3.8, 4) is 0 Å². The largest absolute Gasteiger partial charge is 0.394 e. The van der Waals surface area contributed by atoms with Crippen molar-refractivity contribution >= 4 is 5.91 Å². The highest BCUT2D eigenvalue weighted by Crippen LogP contribution is 2.18. The summed E-state index contributed by atoms with van der Waals surface area (Å²) in [5, 5.41) is 23.4. The van der Waals surface area contributed by atoms with Gasteiger partial charge >= 0.3 is 0 Å². The van der Waals surface area contributed by atoms with Crippen LogP contribution in [0.2, 0.25) is 0 Å². The molecule has 0 aromatic heterocycles. The summed E-state index contributed by atoms with van der Waals surface area (Å²) in [5.74, 6) is -0.0239. The third-order valence-corrected chi connectivity index (χ3v) is 14.3. The van der Waals surface area contributed by atoms with Crippen molar-refractivity contribution in [2.24, 2.45) is 0 Å². The van der Waals surface area contributed by atoms with Crippen LogP contribution in [0.4, 0.5) is 0 Å². The highest BCUT2D eigenvalue weighted by Gasteiger charge is 2.20. The predicted octanol–water partition coefficient (Wildman–Crippen LogP) is 19.7. The molecule has 0 bridgehead atoms. The van der Waals surface area contributed by atoms with Crippen LogP contribution >= 0.6 is 0 Å². The van der Waals surface area contributed by atoms with Gasteiger partial charge in [-0.15, -0.1) is 0 Å². The minimum atomic E-state index is -0.657. The Balaban J connectivity index is 3.41. The lowest BCUT2D eigenvalue weighted by Gasteiger charge is -2.22. The van der Waals surface area contributed by atoms with E-state index in [0.29, 0.717) is 12.8 Å². The number of hydrogen-bond donors (Lipinski definition) is 3. The van der Waals surface area contributed by atoms with Crippen LogP contribution in [0.25, 0.3) is 0 Å². The standard InChI is InChI=1S/C60H119NO3/c1-3-5-7-9-11-13-15-17-19-21-23-25-27-28-29-30-31-32-33-34-36-38-40-42-44-46-48-50-52-54-56-60(64)61-58(57-62)59(63)55-53-51-49-47-45-43-41-39-37-35-26-24-22-20-18-16-14-12-10-8-6-4-2/h28-29,58-59,62-63H,3-27,30-57H2,1-2H3,(H,61,64)/b29-28-. The first-order valence-electron chi connectivity index (χ1n) is 29.9. The molecule has 4 nitrogen and oxygen atoms in total. The van der Waals surface area contributed by atoms with Gasteiger partial charge in [0.15, 0.2) is 0 Å². The Morgan fingerprint density at radius 3 is 0.859 bits per heavy atom. The number of hydrogen-bond acceptors (Lipinski definition) is 3. The molecule has 0 aliphatic carbocycles. The van der Waals surface area contributed by atoms with Crippen molar-refractivity contribution in [3.63, 3.8) is 0 Å². The molecule has 0 rings (SSSR count). The molecule has 382 valence electrons. The molecule has 1 amide bonds. The second kappa shape index (κ2) is 56.5. The van der Waals surface area contributed by atoms with E-state index in [1.807, 2.05) is 0 Å². The van der Waals surface area contributed by atoms with Gasteiger partial charge in [-0.25, -0.2) is 0 Å². The van der Waals surface area contributed by atoms with Gasteiger partial charge in [0.05, 0.1) is 18.8 Å². The zero-order valence-corrected chi connectivity index (χ0v) is 44.1. The van der Waals surface area contributed by atoms with Crippen LogP contribution in [0.3, 0.4) is 0 Å². The Labute approximate surface area is 403 Å². The first-order valence-corrected chi connectivity index (χ1v) is 29.9. The number of unbranched alkanes of at least 4 members (excludes halogenated alkanes) is 47. The molecule has 0 saturated heterocycles. The van der Waals surface area contributed by atoms with Gasteiger partial charge in [0.2, 0.25) is 5.91 Å². The van der Waals surface area contributed by atoms with Crippen LogP contribution in [0, 0.1) is 0 Å². The maximum Gasteiger partial charge on any atom is 0.220 e. The van der Waals surface area contributed by atoms with E-state index in [-0.39, 0.29) is 12.5 Å². The molecule has 0 fully saturated rings. The molecule has 0 spiro atoms. The summed E-state index contributed by atoms with van der Waals surface area (Å²) in [5.41, 5.74) is 0. The molecule has 0 aliphatic rings. The summed E-state index contributed by atoms with van der Waals surface area (Å²) in [6, 6.07) is -0.534. The van der Waals surface area contributed by atoms with Crippen LogP contribution in [0.1, 0.15) is 348 Å². The number of amides is 1. The maximum absolute atomic E-state index is 12.5. The molecule has 4 heteroatoms. The molecular weight excluding hydrogens is 783 g/mol. The number of allylic oxidation sites excluding steroid dienone is 2. The van der Waals surface area contributed by atoms with Crippen LogP contribution < -0.4 is 5.32 Å². The number of carbonyl (C=O) groups excluding carboxylic acids is 1. The normalized spacial score (nSPS) is 12.8. The molecule has 0 radical (unpaired) electrons. The molecule has 64 heavy (non-hydrogen) atoms. The summed E-state index contributed by atoms with van der Waals surface area (Å²) in [6.45, 7) is 4.40. The molecule has 3 N–H and O–H groups in total. The van der Waals surface area contributed by atoms with Crippen LogP contribution in [-0.2, 0) is 4.79 Å². The lowest BCUT2D eigenvalue weighted by atomic mass is 10.0. The lowest BCUT2D eigenvalue weighted by Crippen LogP contribution is -2.45. The number of carbonyl (C=O) groups is 1. The van der Waals surface area contributed by atoms with Crippen molar-refractivity contribution in [1.29, 1.82) is 0 Å². The summed E-state index contributed by atoms with van der Waals surface area (Å²) >= 11 is 0. The average Bonchev–Trinajstić information content (AvgIpc) is 3.30. The number of rotatable bonds is 56. The van der Waals surface area contributed by atoms with Crippen molar-refractivity contribution in [2.75, 3.05) is 6.61 Å². The van der Waals surface area contributed by atoms with Crippen molar-refractivity contribution in [2.45, 2.75) is 360 Å². The Morgan fingerprint density at radius 2 is 0.594 bits per heavy atom. The molecule has 2 atom stereocenters. The Morgan fingerprint density at radius 1 is 0.359 bits per heavy atom. The van der Waals surface area contributed by atoms with Gasteiger partial charge < -0.3 is 15.5 Å². The molecular formula is C60H119NO3. The minimum Gasteiger partial charge on any atom is -0.394 e. The molecule has 0 aromatic rings. The second-order valence-corrected chi connectivity index (χ2v) is 20.8. The number of nitrogens with one attached hydrogen (secondary N) is 1. The van der Waals surface area contributed by atoms with E-state index >= 15 is 0 Å². The smallest absolute Gasteiger partial charge is 0.220 e. The van der Waals surface area contributed by atoms with Gasteiger partial charge in [-0.05, 0) is 38.5 Å². The van der Waals surface area contributed by atoms with Crippen LogP contribution in [0.5, 0.6) is 0 Å². The minimum absolute atomic E-state index is 0.0239. The zero-order valence-electron chi connectivity index (χ0n) is 44.1. The van der Waals surface area contributed by atoms with Crippen molar-refractivity contribution < 1.29 is 15.0 Å². The first-order chi connectivity index (χ1) is 31.7. The predicted molar refractivity (Wildman–Crippen MR) is 286 cm³/mol. The zero-order chi connectivity index (χ0) is 46.3. The van der Waals surface area contributed by atoms with Gasteiger partial charge in [0.1, 0.15) is 0 Å². The Hall–Kier alpha value is -0.870. The van der Waals surface area contributed by atoms with E-state index in [2.05, 4.69) is 31.3 Å². The van der Waals surface area contributed by atoms with Crippen molar-refractivity contribution in [1.82, 2.24) is 5.32 Å². The molecule has 0 heterocycles. The fourth-order valence-electron chi connectivity index (χ4n) is 9.71. The number of aliphatic hydroxyl groups excluding tert-OH is 2.